The first-order valence-electron chi connectivity index (χ1n) is 6.80. The van der Waals surface area contributed by atoms with Crippen LogP contribution >= 0.6 is 0 Å². The molecule has 1 aliphatic heterocycles. The van der Waals surface area contributed by atoms with Crippen molar-refractivity contribution in [3.63, 3.8) is 0 Å². The lowest BCUT2D eigenvalue weighted by molar-refractivity contribution is -0.0319. The summed E-state index contributed by atoms with van der Waals surface area (Å²) in [6, 6.07) is 2.50. The van der Waals surface area contributed by atoms with Gasteiger partial charge < -0.3 is 10.5 Å². The van der Waals surface area contributed by atoms with Gasteiger partial charge in [0.1, 0.15) is 5.82 Å². The molecule has 1 aromatic carbocycles. The maximum atomic E-state index is 13.6. The molecule has 7 heteroatoms. The maximum absolute atomic E-state index is 13.6. The quantitative estimate of drug-likeness (QED) is 0.865. The Kier molecular flexibility index (Phi) is 4.28. The first kappa shape index (κ1) is 16.2. The highest BCUT2D eigenvalue weighted by atomic mass is 32.2. The van der Waals surface area contributed by atoms with E-state index in [0.29, 0.717) is 6.54 Å². The lowest BCUT2D eigenvalue weighted by Crippen LogP contribution is -2.49. The zero-order chi connectivity index (χ0) is 15.8. The van der Waals surface area contributed by atoms with E-state index in [0.717, 1.165) is 12.8 Å². The molecule has 1 atom stereocenters. The minimum absolute atomic E-state index is 0.0271. The molecule has 0 radical (unpaired) electrons. The monoisotopic (exact) mass is 316 g/mol. The fourth-order valence-electron chi connectivity index (χ4n) is 2.59. The number of nitrogens with zero attached hydrogens (tertiary/aromatic N) is 1. The molecule has 118 valence electrons. The number of hydrogen-bond donors (Lipinski definition) is 1. The summed E-state index contributed by atoms with van der Waals surface area (Å²) in [5.74, 6) is -0.575. The summed E-state index contributed by atoms with van der Waals surface area (Å²) in [4.78, 5) is 0.0271. The summed E-state index contributed by atoms with van der Waals surface area (Å²) in [6.07, 6.45) is 1.53. The summed E-state index contributed by atoms with van der Waals surface area (Å²) in [7, 11) is -2.12. The van der Waals surface area contributed by atoms with Gasteiger partial charge in [-0.15, -0.1) is 0 Å². The number of piperidine rings is 1. The Labute approximate surface area is 124 Å². The number of sulfonamides is 1. The van der Waals surface area contributed by atoms with Crippen molar-refractivity contribution < 1.29 is 17.5 Å². The smallest absolute Gasteiger partial charge is 0.243 e. The van der Waals surface area contributed by atoms with Crippen LogP contribution in [-0.4, -0.2) is 38.5 Å². The van der Waals surface area contributed by atoms with E-state index >= 15 is 0 Å². The number of aryl methyl sites for hydroxylation is 1. The van der Waals surface area contributed by atoms with E-state index in [-0.39, 0.29) is 22.7 Å². The van der Waals surface area contributed by atoms with Gasteiger partial charge in [-0.1, -0.05) is 0 Å². The average molecular weight is 316 g/mol. The van der Waals surface area contributed by atoms with Crippen LogP contribution in [0.15, 0.2) is 17.0 Å². The first-order chi connectivity index (χ1) is 9.69. The Morgan fingerprint density at radius 1 is 1.43 bits per heavy atom. The number of nitrogen functional groups attached to an aromatic ring is 1. The molecule has 1 aromatic rings. The van der Waals surface area contributed by atoms with Gasteiger partial charge in [0.2, 0.25) is 10.0 Å². The van der Waals surface area contributed by atoms with Gasteiger partial charge in [0, 0.05) is 20.2 Å². The number of halogens is 1. The number of ether oxygens (including phenoxy) is 1. The van der Waals surface area contributed by atoms with Crippen molar-refractivity contribution in [2.24, 2.45) is 0 Å². The van der Waals surface area contributed by atoms with Crippen LogP contribution in [0.25, 0.3) is 0 Å². The summed E-state index contributed by atoms with van der Waals surface area (Å²) in [6.45, 7) is 4.10. The number of rotatable bonds is 3. The molecule has 0 spiro atoms. The zero-order valence-corrected chi connectivity index (χ0v) is 13.3. The topological polar surface area (TPSA) is 72.6 Å². The third-order valence-corrected chi connectivity index (χ3v) is 5.83. The van der Waals surface area contributed by atoms with Crippen molar-refractivity contribution in [1.82, 2.24) is 4.31 Å². The van der Waals surface area contributed by atoms with Crippen molar-refractivity contribution in [1.29, 1.82) is 0 Å². The highest BCUT2D eigenvalue weighted by Crippen LogP contribution is 2.30. The number of benzene rings is 1. The highest BCUT2D eigenvalue weighted by molar-refractivity contribution is 7.89. The molecule has 2 rings (SSSR count). The van der Waals surface area contributed by atoms with E-state index in [1.54, 1.807) is 7.11 Å². The molecule has 0 aliphatic carbocycles. The summed E-state index contributed by atoms with van der Waals surface area (Å²) < 4.78 is 45.8. The second-order valence-electron chi connectivity index (χ2n) is 5.74. The molecule has 5 nitrogen and oxygen atoms in total. The van der Waals surface area contributed by atoms with Crippen LogP contribution < -0.4 is 5.73 Å². The van der Waals surface area contributed by atoms with Crippen LogP contribution in [0.5, 0.6) is 0 Å². The van der Waals surface area contributed by atoms with Crippen LogP contribution in [0.3, 0.4) is 0 Å². The third-order valence-electron chi connectivity index (χ3n) is 4.01. The van der Waals surface area contributed by atoms with E-state index in [4.69, 9.17) is 10.5 Å². The van der Waals surface area contributed by atoms with Crippen molar-refractivity contribution in [3.05, 3.63) is 23.5 Å². The molecule has 0 amide bonds. The largest absolute Gasteiger partial charge is 0.396 e. The van der Waals surface area contributed by atoms with Crippen LogP contribution in [-0.2, 0) is 14.8 Å². The highest BCUT2D eigenvalue weighted by Gasteiger charge is 2.37. The molecule has 1 unspecified atom stereocenters. The van der Waals surface area contributed by atoms with Crippen LogP contribution in [0.2, 0.25) is 0 Å². The van der Waals surface area contributed by atoms with E-state index < -0.39 is 21.4 Å². The molecule has 0 aromatic heterocycles. The van der Waals surface area contributed by atoms with Crippen molar-refractivity contribution in [3.8, 4) is 0 Å². The molecule has 1 heterocycles. The average Bonchev–Trinajstić information content (AvgIpc) is 2.44. The predicted molar refractivity (Wildman–Crippen MR) is 79.0 cm³/mol. The van der Waals surface area contributed by atoms with Crippen molar-refractivity contribution in [2.45, 2.75) is 37.2 Å². The van der Waals surface area contributed by atoms with Gasteiger partial charge in [0.15, 0.2) is 0 Å². The van der Waals surface area contributed by atoms with E-state index in [1.807, 2.05) is 6.92 Å². The van der Waals surface area contributed by atoms with Crippen LogP contribution in [0, 0.1) is 12.7 Å². The van der Waals surface area contributed by atoms with Crippen LogP contribution in [0.4, 0.5) is 10.1 Å². The molecule has 0 bridgehead atoms. The molecular formula is C14H21FN2O3S. The molecular weight excluding hydrogens is 295 g/mol. The fourth-order valence-corrected chi connectivity index (χ4v) is 4.31. The van der Waals surface area contributed by atoms with Gasteiger partial charge in [-0.3, -0.25) is 0 Å². The summed E-state index contributed by atoms with van der Waals surface area (Å²) in [5, 5.41) is 0. The Balaban J connectivity index is 2.38. The van der Waals surface area contributed by atoms with Gasteiger partial charge in [-0.2, -0.15) is 4.31 Å². The van der Waals surface area contributed by atoms with Gasteiger partial charge >= 0.3 is 0 Å². The predicted octanol–water partition coefficient (Wildman–Crippen LogP) is 1.91. The second-order valence-corrected chi connectivity index (χ2v) is 7.68. The number of hydrogen-bond acceptors (Lipinski definition) is 4. The molecule has 21 heavy (non-hydrogen) atoms. The third kappa shape index (κ3) is 3.04. The molecule has 0 saturated carbocycles. The van der Waals surface area contributed by atoms with Crippen LogP contribution in [0.1, 0.15) is 25.3 Å². The lowest BCUT2D eigenvalue weighted by atomic mass is 9.96. The number of nitrogens with two attached hydrogens (primary N) is 1. The first-order valence-corrected chi connectivity index (χ1v) is 8.24. The molecule has 2 N–H and O–H groups in total. The van der Waals surface area contributed by atoms with Gasteiger partial charge in [-0.25, -0.2) is 12.8 Å². The summed E-state index contributed by atoms with van der Waals surface area (Å²) >= 11 is 0. The SMILES string of the molecule is COC1(C)CCCN(S(=O)(=O)c2cc(C)c(F)c(N)c2)C1. The Bertz CT molecular complexity index is 625. The molecule has 1 aliphatic rings. The van der Waals surface area contributed by atoms with E-state index in [2.05, 4.69) is 0 Å². The Hall–Kier alpha value is -1.18. The second kappa shape index (κ2) is 5.55. The Morgan fingerprint density at radius 2 is 2.10 bits per heavy atom. The standard InChI is InChI=1S/C14H21FN2O3S/c1-10-7-11(8-12(16)13(10)15)21(18,19)17-6-4-5-14(2,9-17)20-3/h7-8H,4-6,9,16H2,1-3H3. The maximum Gasteiger partial charge on any atom is 0.243 e. The summed E-state index contributed by atoms with van der Waals surface area (Å²) in [5.41, 5.74) is 5.12. The van der Waals surface area contributed by atoms with Crippen molar-refractivity contribution >= 4 is 15.7 Å². The van der Waals surface area contributed by atoms with Crippen molar-refractivity contribution in [2.75, 3.05) is 25.9 Å². The van der Waals surface area contributed by atoms with E-state index in [1.165, 1.54) is 23.4 Å². The van der Waals surface area contributed by atoms with Gasteiger partial charge in [0.05, 0.1) is 16.2 Å². The minimum atomic E-state index is -3.70. The minimum Gasteiger partial charge on any atom is -0.396 e. The zero-order valence-electron chi connectivity index (χ0n) is 12.5. The van der Waals surface area contributed by atoms with Gasteiger partial charge in [-0.05, 0) is 44.4 Å². The molecule has 1 fully saturated rings. The number of anilines is 1. The Morgan fingerprint density at radius 3 is 2.67 bits per heavy atom. The normalized spacial score (nSPS) is 24.2. The number of methoxy groups -OCH3 is 1. The fraction of sp³-hybridized carbons (Fsp3) is 0.571. The molecule has 1 saturated heterocycles. The van der Waals surface area contributed by atoms with E-state index in [9.17, 15) is 12.8 Å². The lowest BCUT2D eigenvalue weighted by Gasteiger charge is -2.38. The van der Waals surface area contributed by atoms with Gasteiger partial charge in [0.25, 0.3) is 0 Å².